The average molecular weight is 432 g/mol. The summed E-state index contributed by atoms with van der Waals surface area (Å²) in [6.07, 6.45) is -0.149. The molecule has 0 saturated carbocycles. The molecule has 0 saturated heterocycles. The lowest BCUT2D eigenvalue weighted by atomic mass is 10.1. The minimum atomic E-state index is -0.154. The molecule has 0 bridgehead atoms. The lowest BCUT2D eigenvalue weighted by Gasteiger charge is -2.29. The van der Waals surface area contributed by atoms with Gasteiger partial charge in [0.25, 0.3) is 0 Å². The normalized spacial score (nSPS) is 15.3. The van der Waals surface area contributed by atoms with Crippen molar-refractivity contribution in [3.8, 4) is 17.2 Å². The van der Waals surface area contributed by atoms with Crippen LogP contribution in [0.3, 0.4) is 0 Å². The molecule has 164 valence electrons. The zero-order valence-corrected chi connectivity index (χ0v) is 18.0. The van der Waals surface area contributed by atoms with Crippen LogP contribution in [0.5, 0.6) is 17.2 Å². The number of amides is 1. The molecule has 1 atom stereocenters. The van der Waals surface area contributed by atoms with Crippen LogP contribution in [-0.4, -0.2) is 50.8 Å². The summed E-state index contributed by atoms with van der Waals surface area (Å²) in [5.74, 6) is 1.90. The number of hydrogen-bond donors (Lipinski definition) is 1. The molecule has 7 heteroatoms. The van der Waals surface area contributed by atoms with E-state index in [1.165, 1.54) is 0 Å². The van der Waals surface area contributed by atoms with E-state index in [1.807, 2.05) is 66.5 Å². The smallest absolute Gasteiger partial charge is 0.238 e. The third kappa shape index (κ3) is 3.94. The molecule has 1 aliphatic rings. The number of carbonyl (C=O) groups is 1. The Morgan fingerprint density at radius 2 is 1.84 bits per heavy atom. The van der Waals surface area contributed by atoms with Crippen molar-refractivity contribution in [3.05, 3.63) is 60.7 Å². The molecule has 1 aliphatic heterocycles. The van der Waals surface area contributed by atoms with Crippen molar-refractivity contribution in [2.45, 2.75) is 6.10 Å². The highest BCUT2D eigenvalue weighted by Gasteiger charge is 2.23. The van der Waals surface area contributed by atoms with Gasteiger partial charge in [-0.1, -0.05) is 30.3 Å². The van der Waals surface area contributed by atoms with Gasteiger partial charge in [-0.25, -0.2) is 0 Å². The van der Waals surface area contributed by atoms with Crippen LogP contribution in [0.1, 0.15) is 0 Å². The summed E-state index contributed by atoms with van der Waals surface area (Å²) in [4.78, 5) is 14.6. The van der Waals surface area contributed by atoms with Crippen molar-refractivity contribution in [1.29, 1.82) is 0 Å². The highest BCUT2D eigenvalue weighted by molar-refractivity contribution is 6.07. The molecule has 3 aromatic carbocycles. The maximum atomic E-state index is 12.7. The molecule has 2 heterocycles. The molecule has 0 spiro atoms. The molecule has 1 aromatic heterocycles. The van der Waals surface area contributed by atoms with Crippen LogP contribution in [0.2, 0.25) is 0 Å². The predicted molar refractivity (Wildman–Crippen MR) is 123 cm³/mol. The molecule has 1 amide bonds. The molecular formula is C25H24N2O5. The van der Waals surface area contributed by atoms with Gasteiger partial charge >= 0.3 is 0 Å². The van der Waals surface area contributed by atoms with Crippen LogP contribution in [0.25, 0.3) is 21.9 Å². The first kappa shape index (κ1) is 20.2. The highest BCUT2D eigenvalue weighted by Crippen LogP contribution is 2.36. The van der Waals surface area contributed by atoms with Gasteiger partial charge in [-0.15, -0.1) is 0 Å². The first-order valence-electron chi connectivity index (χ1n) is 10.5. The third-order valence-corrected chi connectivity index (χ3v) is 5.47. The molecule has 4 aromatic rings. The van der Waals surface area contributed by atoms with Crippen LogP contribution in [0.4, 0.5) is 5.69 Å². The van der Waals surface area contributed by atoms with Crippen molar-refractivity contribution in [3.63, 3.8) is 0 Å². The number of anilines is 1. The number of methoxy groups -OCH3 is 1. The van der Waals surface area contributed by atoms with Gasteiger partial charge in [-0.3, -0.25) is 9.69 Å². The third-order valence-electron chi connectivity index (χ3n) is 5.47. The summed E-state index contributed by atoms with van der Waals surface area (Å²) in [6, 6.07) is 19.1. The van der Waals surface area contributed by atoms with Gasteiger partial charge in [-0.05, 0) is 31.3 Å². The minimum absolute atomic E-state index is 0.149. The van der Waals surface area contributed by atoms with Crippen LogP contribution < -0.4 is 19.5 Å². The number of ether oxygens (including phenoxy) is 3. The van der Waals surface area contributed by atoms with Gasteiger partial charge in [0, 0.05) is 23.4 Å². The maximum Gasteiger partial charge on any atom is 0.238 e. The number of nitrogens with one attached hydrogen (secondary N) is 1. The zero-order chi connectivity index (χ0) is 22.1. The van der Waals surface area contributed by atoms with Crippen molar-refractivity contribution in [2.24, 2.45) is 0 Å². The fourth-order valence-electron chi connectivity index (χ4n) is 4.02. The SMILES string of the molecule is COc1cc2c(cc1NC(=O)CN(C)CC1COc3ccccc3O1)oc1ccccc12. The summed E-state index contributed by atoms with van der Waals surface area (Å²) in [6.45, 7) is 1.20. The topological polar surface area (TPSA) is 73.2 Å². The quantitative estimate of drug-likeness (QED) is 0.490. The van der Waals surface area contributed by atoms with E-state index >= 15 is 0 Å². The number of furan rings is 1. The van der Waals surface area contributed by atoms with Crippen molar-refractivity contribution >= 4 is 33.5 Å². The van der Waals surface area contributed by atoms with Crippen LogP contribution in [0.15, 0.2) is 65.1 Å². The van der Waals surface area contributed by atoms with E-state index in [1.54, 1.807) is 13.2 Å². The van der Waals surface area contributed by atoms with Gasteiger partial charge in [0.1, 0.15) is 29.6 Å². The summed E-state index contributed by atoms with van der Waals surface area (Å²) in [5.41, 5.74) is 2.06. The van der Waals surface area contributed by atoms with Gasteiger partial charge in [0.15, 0.2) is 11.5 Å². The number of benzene rings is 3. The number of carbonyl (C=O) groups excluding carboxylic acids is 1. The van der Waals surface area contributed by atoms with Gasteiger partial charge in [0.05, 0.1) is 19.3 Å². The zero-order valence-electron chi connectivity index (χ0n) is 18.0. The Morgan fingerprint density at radius 3 is 2.69 bits per heavy atom. The van der Waals surface area contributed by atoms with Crippen molar-refractivity contribution in [1.82, 2.24) is 4.90 Å². The summed E-state index contributed by atoms with van der Waals surface area (Å²) < 4.78 is 23.2. The number of para-hydroxylation sites is 3. The Morgan fingerprint density at radius 1 is 1.06 bits per heavy atom. The lowest BCUT2D eigenvalue weighted by Crippen LogP contribution is -2.42. The molecule has 0 fully saturated rings. The number of nitrogens with zero attached hydrogens (tertiary/aromatic N) is 1. The predicted octanol–water partition coefficient (Wildman–Crippen LogP) is 4.30. The average Bonchev–Trinajstić information content (AvgIpc) is 3.15. The number of likely N-dealkylation sites (N-methyl/N-ethyl adjacent to an activating group) is 1. The number of hydrogen-bond acceptors (Lipinski definition) is 6. The first-order valence-corrected chi connectivity index (χ1v) is 10.5. The van der Waals surface area contributed by atoms with Gasteiger partial charge in [0.2, 0.25) is 5.91 Å². The molecular weight excluding hydrogens is 408 g/mol. The van der Waals surface area contributed by atoms with Crippen LogP contribution >= 0.6 is 0 Å². The fourth-order valence-corrected chi connectivity index (χ4v) is 4.02. The van der Waals surface area contributed by atoms with E-state index in [0.29, 0.717) is 30.2 Å². The summed E-state index contributed by atoms with van der Waals surface area (Å²) >= 11 is 0. The van der Waals surface area contributed by atoms with E-state index < -0.39 is 0 Å². The Bertz CT molecular complexity index is 1280. The fraction of sp³-hybridized carbons (Fsp3) is 0.240. The van der Waals surface area contributed by atoms with Crippen LogP contribution in [-0.2, 0) is 4.79 Å². The van der Waals surface area contributed by atoms with Crippen molar-refractivity contribution < 1.29 is 23.4 Å². The van der Waals surface area contributed by atoms with Crippen molar-refractivity contribution in [2.75, 3.05) is 39.2 Å². The Balaban J connectivity index is 1.26. The molecule has 1 N–H and O–H groups in total. The second-order valence-corrected chi connectivity index (χ2v) is 7.89. The second kappa shape index (κ2) is 8.43. The Hall–Kier alpha value is -3.71. The number of fused-ring (bicyclic) bond motifs is 4. The highest BCUT2D eigenvalue weighted by atomic mass is 16.6. The first-order chi connectivity index (χ1) is 15.6. The van der Waals surface area contributed by atoms with E-state index in [-0.39, 0.29) is 18.6 Å². The minimum Gasteiger partial charge on any atom is -0.495 e. The largest absolute Gasteiger partial charge is 0.495 e. The van der Waals surface area contributed by atoms with E-state index in [4.69, 9.17) is 18.6 Å². The van der Waals surface area contributed by atoms with E-state index in [2.05, 4.69) is 5.32 Å². The second-order valence-electron chi connectivity index (χ2n) is 7.89. The monoisotopic (exact) mass is 432 g/mol. The van der Waals surface area contributed by atoms with Gasteiger partial charge < -0.3 is 23.9 Å². The Labute approximate surface area is 185 Å². The molecule has 5 rings (SSSR count). The van der Waals surface area contributed by atoms with E-state index in [0.717, 1.165) is 27.9 Å². The van der Waals surface area contributed by atoms with Gasteiger partial charge in [-0.2, -0.15) is 0 Å². The maximum absolute atomic E-state index is 12.7. The molecule has 1 unspecified atom stereocenters. The standard InChI is InChI=1S/C25H24N2O5/c1-27(13-16-15-30-21-9-5-6-10-22(21)31-16)14-25(28)26-19-12-23-18(11-24(19)29-2)17-7-3-4-8-20(17)32-23/h3-12,16H,13-15H2,1-2H3,(H,26,28). The van der Waals surface area contributed by atoms with E-state index in [9.17, 15) is 4.79 Å². The summed E-state index contributed by atoms with van der Waals surface area (Å²) in [5, 5.41) is 4.90. The molecule has 0 radical (unpaired) electrons. The lowest BCUT2D eigenvalue weighted by molar-refractivity contribution is -0.117. The summed E-state index contributed by atoms with van der Waals surface area (Å²) in [7, 11) is 3.46. The number of rotatable bonds is 6. The van der Waals surface area contributed by atoms with Crippen LogP contribution in [0, 0.1) is 0 Å². The molecule has 32 heavy (non-hydrogen) atoms. The Kier molecular flexibility index (Phi) is 5.33. The molecule has 7 nitrogen and oxygen atoms in total. The molecule has 0 aliphatic carbocycles.